The lowest BCUT2D eigenvalue weighted by Gasteiger charge is -2.38. The molecule has 7 heteroatoms. The highest BCUT2D eigenvalue weighted by atomic mass is 16.6. The molecule has 0 saturated carbocycles. The Morgan fingerprint density at radius 2 is 1.96 bits per heavy atom. The summed E-state index contributed by atoms with van der Waals surface area (Å²) in [4.78, 5) is 11.0. The largest absolute Gasteiger partial charge is 0.486 e. The summed E-state index contributed by atoms with van der Waals surface area (Å²) in [5.74, 6) is 3.53. The van der Waals surface area contributed by atoms with Crippen molar-refractivity contribution in [3.8, 4) is 22.9 Å². The summed E-state index contributed by atoms with van der Waals surface area (Å²) in [7, 11) is 0. The average molecular weight is 364 g/mol. The van der Waals surface area contributed by atoms with Gasteiger partial charge in [-0.25, -0.2) is 0 Å². The Bertz CT molecular complexity index is 922. The molecule has 4 heterocycles. The third kappa shape index (κ3) is 3.50. The molecule has 7 nitrogen and oxygen atoms in total. The second-order valence-corrected chi connectivity index (χ2v) is 7.00. The Balaban J connectivity index is 1.14. The Hall–Kier alpha value is -2.93. The van der Waals surface area contributed by atoms with Crippen molar-refractivity contribution in [3.63, 3.8) is 0 Å². The Labute approximate surface area is 156 Å². The number of aromatic nitrogens is 3. The number of benzene rings is 1. The summed E-state index contributed by atoms with van der Waals surface area (Å²) in [6.07, 6.45) is 4.28. The van der Waals surface area contributed by atoms with Gasteiger partial charge in [-0.3, -0.25) is 9.88 Å². The number of hydrogen-bond acceptors (Lipinski definition) is 7. The van der Waals surface area contributed by atoms with Gasteiger partial charge in [0.2, 0.25) is 11.7 Å². The quantitative estimate of drug-likeness (QED) is 0.689. The molecule has 1 aromatic carbocycles. The van der Waals surface area contributed by atoms with Crippen LogP contribution in [0.25, 0.3) is 11.4 Å². The van der Waals surface area contributed by atoms with Gasteiger partial charge in [0.15, 0.2) is 11.5 Å². The van der Waals surface area contributed by atoms with E-state index in [0.29, 0.717) is 30.8 Å². The molecule has 2 aliphatic rings. The molecule has 1 fully saturated rings. The molecule has 0 aliphatic carbocycles. The lowest BCUT2D eigenvalue weighted by molar-refractivity contribution is 0.0863. The molecule has 138 valence electrons. The maximum atomic E-state index is 5.66. The molecule has 0 N–H and O–H groups in total. The van der Waals surface area contributed by atoms with E-state index < -0.39 is 0 Å². The molecule has 0 radical (unpaired) electrons. The minimum Gasteiger partial charge on any atom is -0.486 e. The first-order valence-corrected chi connectivity index (χ1v) is 9.17. The van der Waals surface area contributed by atoms with Gasteiger partial charge in [-0.15, -0.1) is 0 Å². The summed E-state index contributed by atoms with van der Waals surface area (Å²) in [5, 5.41) is 4.06. The maximum absolute atomic E-state index is 5.66. The number of likely N-dealkylation sites (tertiary alicyclic amines) is 1. The molecular weight excluding hydrogens is 344 g/mol. The molecule has 1 saturated heterocycles. The number of rotatable bonds is 5. The molecular formula is C20H20N4O3. The first-order chi connectivity index (χ1) is 13.3. The zero-order valence-electron chi connectivity index (χ0n) is 14.9. The fourth-order valence-corrected chi connectivity index (χ4v) is 3.58. The Morgan fingerprint density at radius 1 is 1.07 bits per heavy atom. The lowest BCUT2D eigenvalue weighted by Crippen LogP contribution is -2.46. The summed E-state index contributed by atoms with van der Waals surface area (Å²) in [6, 6.07) is 9.99. The monoisotopic (exact) mass is 364 g/mol. The van der Waals surface area contributed by atoms with Gasteiger partial charge in [0.25, 0.3) is 0 Å². The van der Waals surface area contributed by atoms with Crippen LogP contribution < -0.4 is 9.47 Å². The minimum atomic E-state index is 0.546. The first-order valence-electron chi connectivity index (χ1n) is 9.17. The lowest BCUT2D eigenvalue weighted by atomic mass is 9.95. The van der Waals surface area contributed by atoms with Crippen LogP contribution in [0.5, 0.6) is 11.5 Å². The van der Waals surface area contributed by atoms with Gasteiger partial charge in [-0.1, -0.05) is 11.2 Å². The van der Waals surface area contributed by atoms with Crippen molar-refractivity contribution in [1.29, 1.82) is 0 Å². The van der Waals surface area contributed by atoms with E-state index in [1.165, 1.54) is 5.56 Å². The predicted octanol–water partition coefficient (Wildman–Crippen LogP) is 2.58. The van der Waals surface area contributed by atoms with E-state index in [1.807, 2.05) is 18.2 Å². The molecule has 0 amide bonds. The fraction of sp³-hybridized carbons (Fsp3) is 0.350. The smallest absolute Gasteiger partial charge is 0.227 e. The molecule has 0 spiro atoms. The van der Waals surface area contributed by atoms with Crippen molar-refractivity contribution >= 4 is 0 Å². The summed E-state index contributed by atoms with van der Waals surface area (Å²) < 4.78 is 16.6. The van der Waals surface area contributed by atoms with Crippen LogP contribution in [0.15, 0.2) is 47.2 Å². The SMILES string of the molecule is c1cncc(-c2noc(CC3CN(Cc4ccc5c(c4)OCCO5)C3)n2)c1. The van der Waals surface area contributed by atoms with Crippen molar-refractivity contribution < 1.29 is 14.0 Å². The Kier molecular flexibility index (Phi) is 4.21. The number of nitrogens with zero attached hydrogens (tertiary/aromatic N) is 4. The fourth-order valence-electron chi connectivity index (χ4n) is 3.58. The van der Waals surface area contributed by atoms with Gasteiger partial charge < -0.3 is 14.0 Å². The van der Waals surface area contributed by atoms with Crippen molar-refractivity contribution in [2.45, 2.75) is 13.0 Å². The standard InChI is InChI=1S/C20H20N4O3/c1-2-16(10-21-5-1)20-22-19(27-23-20)9-15-12-24(13-15)11-14-3-4-17-18(8-14)26-7-6-25-17/h1-5,8,10,15H,6-7,9,11-13H2. The minimum absolute atomic E-state index is 0.546. The molecule has 0 unspecified atom stereocenters. The van der Waals surface area contributed by atoms with E-state index in [2.05, 4.69) is 32.2 Å². The summed E-state index contributed by atoms with van der Waals surface area (Å²) >= 11 is 0. The molecule has 5 rings (SSSR count). The third-order valence-electron chi connectivity index (χ3n) is 4.90. The van der Waals surface area contributed by atoms with Crippen LogP contribution in [0.4, 0.5) is 0 Å². The highest BCUT2D eigenvalue weighted by Crippen LogP contribution is 2.32. The van der Waals surface area contributed by atoms with Crippen LogP contribution in [0.3, 0.4) is 0 Å². The van der Waals surface area contributed by atoms with E-state index in [0.717, 1.165) is 43.1 Å². The topological polar surface area (TPSA) is 73.5 Å². The molecule has 0 bridgehead atoms. The number of fused-ring (bicyclic) bond motifs is 1. The number of hydrogen-bond donors (Lipinski definition) is 0. The highest BCUT2D eigenvalue weighted by molar-refractivity contribution is 5.51. The second kappa shape index (κ2) is 7.00. The van der Waals surface area contributed by atoms with Gasteiger partial charge in [-0.05, 0) is 35.7 Å². The molecule has 2 aliphatic heterocycles. The first kappa shape index (κ1) is 16.3. The van der Waals surface area contributed by atoms with E-state index in [1.54, 1.807) is 12.4 Å². The molecule has 3 aromatic rings. The Morgan fingerprint density at radius 3 is 2.81 bits per heavy atom. The zero-order valence-corrected chi connectivity index (χ0v) is 14.9. The average Bonchev–Trinajstić information content (AvgIpc) is 3.16. The van der Waals surface area contributed by atoms with Gasteiger partial charge in [-0.2, -0.15) is 4.98 Å². The van der Waals surface area contributed by atoms with E-state index in [4.69, 9.17) is 14.0 Å². The second-order valence-electron chi connectivity index (χ2n) is 7.00. The van der Waals surface area contributed by atoms with Gasteiger partial charge in [0, 0.05) is 44.0 Å². The normalized spacial score (nSPS) is 16.9. The van der Waals surface area contributed by atoms with Crippen molar-refractivity contribution in [2.24, 2.45) is 5.92 Å². The third-order valence-corrected chi connectivity index (χ3v) is 4.90. The molecule has 0 atom stereocenters. The van der Waals surface area contributed by atoms with Gasteiger partial charge in [0.1, 0.15) is 13.2 Å². The predicted molar refractivity (Wildman–Crippen MR) is 97.4 cm³/mol. The van der Waals surface area contributed by atoms with Gasteiger partial charge in [0.05, 0.1) is 0 Å². The number of ether oxygens (including phenoxy) is 2. The number of pyridine rings is 1. The zero-order chi connectivity index (χ0) is 18.1. The molecule has 2 aromatic heterocycles. The highest BCUT2D eigenvalue weighted by Gasteiger charge is 2.29. The van der Waals surface area contributed by atoms with Crippen molar-refractivity contribution in [1.82, 2.24) is 20.0 Å². The van der Waals surface area contributed by atoms with Crippen LogP contribution in [0, 0.1) is 5.92 Å². The van der Waals surface area contributed by atoms with Crippen LogP contribution in [-0.4, -0.2) is 46.3 Å². The summed E-state index contributed by atoms with van der Waals surface area (Å²) in [6.45, 7) is 4.21. The van der Waals surface area contributed by atoms with E-state index in [-0.39, 0.29) is 0 Å². The van der Waals surface area contributed by atoms with Crippen LogP contribution in [0.2, 0.25) is 0 Å². The van der Waals surface area contributed by atoms with Crippen LogP contribution in [-0.2, 0) is 13.0 Å². The maximum Gasteiger partial charge on any atom is 0.227 e. The van der Waals surface area contributed by atoms with Crippen molar-refractivity contribution in [3.05, 3.63) is 54.2 Å². The molecule has 27 heavy (non-hydrogen) atoms. The van der Waals surface area contributed by atoms with E-state index in [9.17, 15) is 0 Å². The van der Waals surface area contributed by atoms with Crippen LogP contribution in [0.1, 0.15) is 11.5 Å². The summed E-state index contributed by atoms with van der Waals surface area (Å²) in [5.41, 5.74) is 2.12. The van der Waals surface area contributed by atoms with Crippen molar-refractivity contribution in [2.75, 3.05) is 26.3 Å². The van der Waals surface area contributed by atoms with E-state index >= 15 is 0 Å². The van der Waals surface area contributed by atoms with Crippen LogP contribution >= 0.6 is 0 Å². The van der Waals surface area contributed by atoms with Gasteiger partial charge >= 0.3 is 0 Å².